The molecule has 8 heteroatoms. The summed E-state index contributed by atoms with van der Waals surface area (Å²) in [5.41, 5.74) is 6.55. The van der Waals surface area contributed by atoms with Crippen LogP contribution in [0.1, 0.15) is 19.4 Å². The highest BCUT2D eigenvalue weighted by atomic mass is 35.5. The number of rotatable bonds is 2. The van der Waals surface area contributed by atoms with Gasteiger partial charge in [0.2, 0.25) is 0 Å². The number of fused-ring (bicyclic) bond motifs is 1. The minimum absolute atomic E-state index is 0. The van der Waals surface area contributed by atoms with E-state index in [1.165, 1.54) is 6.07 Å². The van der Waals surface area contributed by atoms with Gasteiger partial charge in [-0.15, -0.1) is 12.4 Å². The predicted octanol–water partition coefficient (Wildman–Crippen LogP) is 2.36. The van der Waals surface area contributed by atoms with Crippen molar-refractivity contribution in [1.82, 2.24) is 0 Å². The summed E-state index contributed by atoms with van der Waals surface area (Å²) >= 11 is 0. The average molecular weight is 360 g/mol. The van der Waals surface area contributed by atoms with Crippen LogP contribution >= 0.6 is 12.4 Å². The number of phenolic OH excluding ortho intramolecular Hbond substituents is 2. The smallest absolute Gasteiger partial charge is 0.300 e. The Kier molecular flexibility index (Phi) is 11.9. The number of hydrogen-bond donors (Lipinski definition) is 5. The average Bonchev–Trinajstić information content (AvgIpc) is 2.38. The van der Waals surface area contributed by atoms with Crippen molar-refractivity contribution in [3.63, 3.8) is 0 Å². The zero-order valence-corrected chi connectivity index (χ0v) is 14.2. The Morgan fingerprint density at radius 3 is 1.96 bits per heavy atom. The molecule has 0 amide bonds. The van der Waals surface area contributed by atoms with Crippen molar-refractivity contribution in [2.75, 3.05) is 6.54 Å². The highest BCUT2D eigenvalue weighted by molar-refractivity contribution is 5.90. The minimum atomic E-state index is -0.833. The minimum Gasteiger partial charge on any atom is -0.508 e. The molecule has 0 spiro atoms. The number of carbonyl (C=O) groups is 2. The summed E-state index contributed by atoms with van der Waals surface area (Å²) in [6, 6.07) is 8.70. The molecule has 0 radical (unpaired) electrons. The number of carboxylic acids is 2. The highest BCUT2D eigenvalue weighted by Gasteiger charge is 2.03. The van der Waals surface area contributed by atoms with Crippen molar-refractivity contribution in [2.45, 2.75) is 20.3 Å². The molecule has 24 heavy (non-hydrogen) atoms. The van der Waals surface area contributed by atoms with Gasteiger partial charge in [-0.25, -0.2) is 0 Å². The van der Waals surface area contributed by atoms with E-state index in [1.54, 1.807) is 6.07 Å². The van der Waals surface area contributed by atoms with Crippen molar-refractivity contribution in [1.29, 1.82) is 0 Å². The van der Waals surface area contributed by atoms with Crippen LogP contribution in [0.4, 0.5) is 0 Å². The van der Waals surface area contributed by atoms with Crippen LogP contribution in [-0.4, -0.2) is 38.9 Å². The first-order chi connectivity index (χ1) is 10.7. The Bertz CT molecular complexity index is 655. The molecule has 0 fully saturated rings. The monoisotopic (exact) mass is 359 g/mol. The first-order valence-electron chi connectivity index (χ1n) is 6.71. The van der Waals surface area contributed by atoms with E-state index in [0.29, 0.717) is 6.54 Å². The molecule has 0 unspecified atom stereocenters. The molecule has 0 aliphatic rings. The predicted molar refractivity (Wildman–Crippen MR) is 93.9 cm³/mol. The fourth-order valence-electron chi connectivity index (χ4n) is 1.69. The lowest BCUT2D eigenvalue weighted by molar-refractivity contribution is -0.135. The van der Waals surface area contributed by atoms with Crippen molar-refractivity contribution < 1.29 is 30.0 Å². The van der Waals surface area contributed by atoms with Gasteiger partial charge in [-0.3, -0.25) is 9.59 Å². The molecule has 0 aliphatic heterocycles. The molecule has 0 saturated carbocycles. The lowest BCUT2D eigenvalue weighted by Gasteiger charge is -2.05. The van der Waals surface area contributed by atoms with Crippen molar-refractivity contribution in [3.05, 3.63) is 35.9 Å². The second kappa shape index (κ2) is 12.0. The SMILES string of the molecule is CC(=O)O.CC(=O)O.Cl.NCCc1ccc2cc(O)cc(O)c2c1. The molecule has 6 N–H and O–H groups in total. The number of benzene rings is 2. The maximum atomic E-state index is 9.65. The van der Waals surface area contributed by atoms with Crippen LogP contribution in [0.5, 0.6) is 11.5 Å². The molecule has 0 atom stereocenters. The molecule has 2 aromatic rings. The molecule has 2 rings (SSSR count). The van der Waals surface area contributed by atoms with Crippen LogP contribution in [0, 0.1) is 0 Å². The van der Waals surface area contributed by atoms with Gasteiger partial charge in [-0.2, -0.15) is 0 Å². The summed E-state index contributed by atoms with van der Waals surface area (Å²) in [5.74, 6) is -1.49. The summed E-state index contributed by atoms with van der Waals surface area (Å²) in [5, 5.41) is 35.4. The third kappa shape index (κ3) is 10.3. The summed E-state index contributed by atoms with van der Waals surface area (Å²) < 4.78 is 0. The number of aromatic hydroxyl groups is 2. The Labute approximate surface area is 145 Å². The zero-order chi connectivity index (χ0) is 18.0. The van der Waals surface area contributed by atoms with Gasteiger partial charge < -0.3 is 26.2 Å². The number of phenols is 2. The van der Waals surface area contributed by atoms with Gasteiger partial charge >= 0.3 is 0 Å². The number of nitrogens with two attached hydrogens (primary N) is 1. The molecule has 134 valence electrons. The maximum Gasteiger partial charge on any atom is 0.300 e. The van der Waals surface area contributed by atoms with Gasteiger partial charge in [-0.05, 0) is 36.0 Å². The largest absolute Gasteiger partial charge is 0.508 e. The van der Waals surface area contributed by atoms with E-state index < -0.39 is 11.9 Å². The molecule has 7 nitrogen and oxygen atoms in total. The second-order valence-corrected chi connectivity index (χ2v) is 4.60. The van der Waals surface area contributed by atoms with Crippen LogP contribution < -0.4 is 5.73 Å². The Hall–Kier alpha value is -2.51. The normalized spacial score (nSPS) is 8.79. The summed E-state index contributed by atoms with van der Waals surface area (Å²) in [6.07, 6.45) is 0.788. The van der Waals surface area contributed by atoms with Crippen LogP contribution in [0.15, 0.2) is 30.3 Å². The number of halogens is 1. The molecule has 0 aliphatic carbocycles. The number of hydrogen-bond acceptors (Lipinski definition) is 5. The lowest BCUT2D eigenvalue weighted by Crippen LogP contribution is -2.02. The molecule has 0 saturated heterocycles. The Morgan fingerprint density at radius 2 is 1.50 bits per heavy atom. The van der Waals surface area contributed by atoms with Gasteiger partial charge in [0, 0.05) is 25.3 Å². The lowest BCUT2D eigenvalue weighted by atomic mass is 10.0. The van der Waals surface area contributed by atoms with Crippen molar-refractivity contribution in [3.8, 4) is 11.5 Å². The van der Waals surface area contributed by atoms with E-state index >= 15 is 0 Å². The first kappa shape index (κ1) is 23.8. The molecule has 2 aromatic carbocycles. The summed E-state index contributed by atoms with van der Waals surface area (Å²) in [7, 11) is 0. The standard InChI is InChI=1S/C12H13NO2.2C2H4O2.ClH/c13-4-3-8-1-2-9-6-10(14)7-12(15)11(9)5-8;2*1-2(3)4;/h1-2,5-7,14-15H,3-4,13H2;2*1H3,(H,3,4);1H. The Balaban J connectivity index is 0. The van der Waals surface area contributed by atoms with Gasteiger partial charge in [0.1, 0.15) is 11.5 Å². The van der Waals surface area contributed by atoms with Crippen LogP contribution in [-0.2, 0) is 16.0 Å². The number of aliphatic carboxylic acids is 2. The molecule has 0 heterocycles. The third-order valence-electron chi connectivity index (χ3n) is 2.41. The van der Waals surface area contributed by atoms with E-state index in [2.05, 4.69) is 0 Å². The topological polar surface area (TPSA) is 141 Å². The van der Waals surface area contributed by atoms with E-state index in [4.69, 9.17) is 25.5 Å². The molecule has 0 bridgehead atoms. The van der Waals surface area contributed by atoms with E-state index in [-0.39, 0.29) is 23.9 Å². The third-order valence-corrected chi connectivity index (χ3v) is 2.41. The number of carboxylic acid groups (broad SMARTS) is 2. The van der Waals surface area contributed by atoms with E-state index in [9.17, 15) is 10.2 Å². The van der Waals surface area contributed by atoms with Gasteiger partial charge in [0.05, 0.1) is 0 Å². The quantitative estimate of drug-likeness (QED) is 0.554. The van der Waals surface area contributed by atoms with Gasteiger partial charge in [0.15, 0.2) is 0 Å². The zero-order valence-electron chi connectivity index (χ0n) is 13.4. The molecule has 0 aromatic heterocycles. The van der Waals surface area contributed by atoms with Crippen LogP contribution in [0.2, 0.25) is 0 Å². The summed E-state index contributed by atoms with van der Waals surface area (Å²) in [6.45, 7) is 2.75. The molecular formula is C16H22ClNO6. The molecular weight excluding hydrogens is 338 g/mol. The van der Waals surface area contributed by atoms with Gasteiger partial charge in [-0.1, -0.05) is 12.1 Å². The first-order valence-corrected chi connectivity index (χ1v) is 6.71. The summed E-state index contributed by atoms with van der Waals surface area (Å²) in [4.78, 5) is 18.0. The highest BCUT2D eigenvalue weighted by Crippen LogP contribution is 2.30. The second-order valence-electron chi connectivity index (χ2n) is 4.60. The van der Waals surface area contributed by atoms with Crippen LogP contribution in [0.25, 0.3) is 10.8 Å². The fourth-order valence-corrected chi connectivity index (χ4v) is 1.69. The van der Waals surface area contributed by atoms with Crippen molar-refractivity contribution in [2.24, 2.45) is 5.73 Å². The van der Waals surface area contributed by atoms with E-state index in [0.717, 1.165) is 36.6 Å². The van der Waals surface area contributed by atoms with Crippen molar-refractivity contribution >= 4 is 35.1 Å². The van der Waals surface area contributed by atoms with Gasteiger partial charge in [0.25, 0.3) is 11.9 Å². The fraction of sp³-hybridized carbons (Fsp3) is 0.250. The van der Waals surface area contributed by atoms with E-state index in [1.807, 2.05) is 18.2 Å². The van der Waals surface area contributed by atoms with Crippen LogP contribution in [0.3, 0.4) is 0 Å². The Morgan fingerprint density at radius 1 is 1.00 bits per heavy atom. The maximum absolute atomic E-state index is 9.65.